The molecule has 0 atom stereocenters. The summed E-state index contributed by atoms with van der Waals surface area (Å²) in [6.07, 6.45) is 0.699. The van der Waals surface area contributed by atoms with Crippen molar-refractivity contribution >= 4 is 5.97 Å². The first-order chi connectivity index (χ1) is 8.53. The highest BCUT2D eigenvalue weighted by Gasteiger charge is 2.17. The van der Waals surface area contributed by atoms with Crippen LogP contribution in [-0.2, 0) is 11.2 Å². The maximum atomic E-state index is 11.8. The highest BCUT2D eigenvalue weighted by molar-refractivity contribution is 5.92. The Morgan fingerprint density at radius 2 is 1.61 bits per heavy atom. The maximum absolute atomic E-state index is 11.8. The minimum atomic E-state index is -0.368. The second kappa shape index (κ2) is 6.28. The third-order valence-corrected chi connectivity index (χ3v) is 2.56. The van der Waals surface area contributed by atoms with Gasteiger partial charge in [-0.2, -0.15) is 0 Å². The number of hydrogen-bond acceptors (Lipinski definition) is 4. The molecule has 0 saturated carbocycles. The summed E-state index contributed by atoms with van der Waals surface area (Å²) in [5.41, 5.74) is 1.39. The van der Waals surface area contributed by atoms with Gasteiger partial charge in [-0.25, -0.2) is 4.79 Å². The van der Waals surface area contributed by atoms with Crippen LogP contribution in [0.4, 0.5) is 0 Å². The number of benzene rings is 1. The van der Waals surface area contributed by atoms with E-state index >= 15 is 0 Å². The fourth-order valence-electron chi connectivity index (χ4n) is 1.75. The zero-order chi connectivity index (χ0) is 13.7. The summed E-state index contributed by atoms with van der Waals surface area (Å²) in [6.45, 7) is 4.02. The Hall–Kier alpha value is -1.71. The van der Waals surface area contributed by atoms with E-state index < -0.39 is 0 Å². The van der Waals surface area contributed by atoms with Crippen LogP contribution >= 0.6 is 0 Å². The number of carbonyl (C=O) groups is 1. The topological polar surface area (TPSA) is 44.8 Å². The predicted molar refractivity (Wildman–Crippen MR) is 69.2 cm³/mol. The largest absolute Gasteiger partial charge is 0.493 e. The molecule has 0 amide bonds. The number of ether oxygens (including phenoxy) is 3. The molecule has 0 aromatic heterocycles. The molecule has 1 radical (unpaired) electrons. The summed E-state index contributed by atoms with van der Waals surface area (Å²) in [5.74, 6) is 1.97. The summed E-state index contributed by atoms with van der Waals surface area (Å²) in [5, 5.41) is 0. The first-order valence-corrected chi connectivity index (χ1v) is 5.65. The fraction of sp³-hybridized carbons (Fsp3) is 0.429. The Labute approximate surface area is 108 Å². The lowest BCUT2D eigenvalue weighted by Gasteiger charge is -2.14. The molecule has 0 aliphatic carbocycles. The van der Waals surface area contributed by atoms with Crippen molar-refractivity contribution in [3.05, 3.63) is 29.2 Å². The average molecular weight is 251 g/mol. The van der Waals surface area contributed by atoms with Crippen molar-refractivity contribution in [1.29, 1.82) is 0 Å². The summed E-state index contributed by atoms with van der Waals surface area (Å²) >= 11 is 0. The van der Waals surface area contributed by atoms with E-state index in [1.54, 1.807) is 13.2 Å². The summed E-state index contributed by atoms with van der Waals surface area (Å²) in [4.78, 5) is 11.8. The number of rotatable bonds is 5. The summed E-state index contributed by atoms with van der Waals surface area (Å²) < 4.78 is 15.2. The molecule has 0 aliphatic heterocycles. The van der Waals surface area contributed by atoms with Crippen LogP contribution < -0.4 is 9.47 Å². The minimum Gasteiger partial charge on any atom is -0.493 e. The number of carbonyl (C=O) groups excluding carboxylic acids is 1. The third kappa shape index (κ3) is 3.15. The molecule has 0 fully saturated rings. The number of hydrogen-bond donors (Lipinski definition) is 0. The standard InChI is InChI=1S/C14H19O4/c1-9(2)6-10-7-12(16-3)13(17-4)8-11(10)14(15)18-5/h7-8H,6H2,1-5H3. The normalized spacial score (nSPS) is 10.3. The van der Waals surface area contributed by atoms with Gasteiger partial charge in [0.05, 0.1) is 26.9 Å². The zero-order valence-corrected chi connectivity index (χ0v) is 11.5. The van der Waals surface area contributed by atoms with Crippen LogP contribution in [0.5, 0.6) is 11.5 Å². The van der Waals surface area contributed by atoms with E-state index in [2.05, 4.69) is 0 Å². The van der Waals surface area contributed by atoms with Gasteiger partial charge in [0.1, 0.15) is 0 Å². The second-order valence-corrected chi connectivity index (χ2v) is 4.24. The molecule has 0 spiro atoms. The smallest absolute Gasteiger partial charge is 0.338 e. The predicted octanol–water partition coefficient (Wildman–Crippen LogP) is 2.65. The van der Waals surface area contributed by atoms with Crippen LogP contribution in [0.1, 0.15) is 29.8 Å². The quantitative estimate of drug-likeness (QED) is 0.755. The first kappa shape index (κ1) is 14.4. The Balaban J connectivity index is 3.31. The average Bonchev–Trinajstić information content (AvgIpc) is 2.36. The van der Waals surface area contributed by atoms with E-state index in [1.807, 2.05) is 19.9 Å². The highest BCUT2D eigenvalue weighted by Crippen LogP contribution is 2.32. The van der Waals surface area contributed by atoms with Crippen LogP contribution in [0.25, 0.3) is 0 Å². The van der Waals surface area contributed by atoms with E-state index in [1.165, 1.54) is 20.1 Å². The van der Waals surface area contributed by atoms with Crippen molar-refractivity contribution in [3.8, 4) is 11.5 Å². The molecule has 4 heteroatoms. The molecule has 4 nitrogen and oxygen atoms in total. The molecule has 0 saturated heterocycles. The zero-order valence-electron chi connectivity index (χ0n) is 11.5. The molecule has 0 heterocycles. The molecular formula is C14H19O4. The van der Waals surface area contributed by atoms with Gasteiger partial charge in [-0.1, -0.05) is 13.8 Å². The van der Waals surface area contributed by atoms with Gasteiger partial charge in [-0.05, 0) is 30.0 Å². The van der Waals surface area contributed by atoms with Crippen molar-refractivity contribution < 1.29 is 19.0 Å². The highest BCUT2D eigenvalue weighted by atomic mass is 16.5. The number of methoxy groups -OCH3 is 3. The molecule has 0 N–H and O–H groups in total. The van der Waals surface area contributed by atoms with Crippen molar-refractivity contribution in [2.75, 3.05) is 21.3 Å². The van der Waals surface area contributed by atoms with E-state index in [-0.39, 0.29) is 5.97 Å². The Morgan fingerprint density at radius 1 is 1.06 bits per heavy atom. The Kier molecular flexibility index (Phi) is 5.01. The lowest BCUT2D eigenvalue weighted by Crippen LogP contribution is -2.08. The molecule has 0 bridgehead atoms. The summed E-state index contributed by atoms with van der Waals surface area (Å²) in [7, 11) is 4.48. The first-order valence-electron chi connectivity index (χ1n) is 5.65. The van der Waals surface area contributed by atoms with Gasteiger partial charge in [-0.3, -0.25) is 0 Å². The van der Waals surface area contributed by atoms with Gasteiger partial charge in [0.2, 0.25) is 0 Å². The van der Waals surface area contributed by atoms with Gasteiger partial charge in [0.15, 0.2) is 11.5 Å². The van der Waals surface area contributed by atoms with Crippen molar-refractivity contribution in [2.24, 2.45) is 0 Å². The van der Waals surface area contributed by atoms with Crippen LogP contribution in [0.15, 0.2) is 12.1 Å². The van der Waals surface area contributed by atoms with E-state index in [4.69, 9.17) is 14.2 Å². The van der Waals surface area contributed by atoms with Crippen LogP contribution in [-0.4, -0.2) is 27.3 Å². The fourth-order valence-corrected chi connectivity index (χ4v) is 1.75. The molecule has 1 aromatic rings. The molecule has 99 valence electrons. The lowest BCUT2D eigenvalue weighted by molar-refractivity contribution is 0.0599. The van der Waals surface area contributed by atoms with Crippen molar-refractivity contribution in [1.82, 2.24) is 0 Å². The van der Waals surface area contributed by atoms with Gasteiger partial charge >= 0.3 is 5.97 Å². The molecule has 0 aliphatic rings. The Bertz CT molecular complexity index is 424. The van der Waals surface area contributed by atoms with E-state index in [9.17, 15) is 4.79 Å². The van der Waals surface area contributed by atoms with E-state index in [0.29, 0.717) is 23.5 Å². The minimum absolute atomic E-state index is 0.368. The number of esters is 1. The maximum Gasteiger partial charge on any atom is 0.338 e. The molecule has 0 unspecified atom stereocenters. The van der Waals surface area contributed by atoms with Gasteiger partial charge in [0, 0.05) is 0 Å². The van der Waals surface area contributed by atoms with Crippen LogP contribution in [0, 0.1) is 5.92 Å². The third-order valence-electron chi connectivity index (χ3n) is 2.56. The van der Waals surface area contributed by atoms with E-state index in [0.717, 1.165) is 5.56 Å². The SMILES string of the molecule is COC(=O)c1cc(OC)c(OC)cc1C[C](C)C. The Morgan fingerprint density at radius 3 is 2.06 bits per heavy atom. The second-order valence-electron chi connectivity index (χ2n) is 4.24. The molecule has 18 heavy (non-hydrogen) atoms. The van der Waals surface area contributed by atoms with Crippen LogP contribution in [0.2, 0.25) is 0 Å². The monoisotopic (exact) mass is 251 g/mol. The summed E-state index contributed by atoms with van der Waals surface area (Å²) in [6, 6.07) is 3.47. The molecular weight excluding hydrogens is 232 g/mol. The van der Waals surface area contributed by atoms with Gasteiger partial charge < -0.3 is 14.2 Å². The molecule has 1 rings (SSSR count). The molecule has 1 aromatic carbocycles. The van der Waals surface area contributed by atoms with Gasteiger partial charge in [-0.15, -0.1) is 0 Å². The van der Waals surface area contributed by atoms with Crippen molar-refractivity contribution in [3.63, 3.8) is 0 Å². The van der Waals surface area contributed by atoms with Crippen molar-refractivity contribution in [2.45, 2.75) is 20.3 Å². The lowest BCUT2D eigenvalue weighted by atomic mass is 9.97. The van der Waals surface area contributed by atoms with Gasteiger partial charge in [0.25, 0.3) is 0 Å². The van der Waals surface area contributed by atoms with Crippen LogP contribution in [0.3, 0.4) is 0 Å².